The van der Waals surface area contributed by atoms with E-state index in [2.05, 4.69) is 6.92 Å². The molecule has 0 saturated heterocycles. The van der Waals surface area contributed by atoms with Crippen LogP contribution in [0.3, 0.4) is 0 Å². The van der Waals surface area contributed by atoms with Gasteiger partial charge >= 0.3 is 0 Å². The van der Waals surface area contributed by atoms with Crippen molar-refractivity contribution in [2.45, 2.75) is 26.7 Å². The number of rotatable bonds is 3. The summed E-state index contributed by atoms with van der Waals surface area (Å²) in [6, 6.07) is 11.8. The topological polar surface area (TPSA) is 22.0 Å². The maximum absolute atomic E-state index is 13.6. The molecule has 2 aromatic carbocycles. The summed E-state index contributed by atoms with van der Waals surface area (Å²) in [5, 5.41) is 1.71. The quantitative estimate of drug-likeness (QED) is 0.659. The Bertz CT molecular complexity index is 926. The van der Waals surface area contributed by atoms with Gasteiger partial charge in [-0.25, -0.2) is 4.39 Å². The maximum Gasteiger partial charge on any atom is 0.263 e. The third-order valence-corrected chi connectivity index (χ3v) is 4.07. The van der Waals surface area contributed by atoms with Crippen LogP contribution in [0.25, 0.3) is 16.5 Å². The molecule has 0 aliphatic rings. The number of hydrogen-bond donors (Lipinski definition) is 0. The molecule has 0 N–H and O–H groups in total. The first-order chi connectivity index (χ1) is 11.0. The van der Waals surface area contributed by atoms with Crippen molar-refractivity contribution >= 4 is 22.4 Å². The Morgan fingerprint density at radius 2 is 1.91 bits per heavy atom. The van der Waals surface area contributed by atoms with Gasteiger partial charge in [-0.1, -0.05) is 31.0 Å². The lowest BCUT2D eigenvalue weighted by Gasteiger charge is -2.15. The van der Waals surface area contributed by atoms with Gasteiger partial charge in [-0.2, -0.15) is 0 Å². The first-order valence-electron chi connectivity index (χ1n) is 7.61. The summed E-state index contributed by atoms with van der Waals surface area (Å²) in [7, 11) is 0. The van der Waals surface area contributed by atoms with Gasteiger partial charge in [0.1, 0.15) is 5.82 Å². The molecule has 0 fully saturated rings. The number of hydrogen-bond acceptors (Lipinski definition) is 1. The highest BCUT2D eigenvalue weighted by atomic mass is 35.5. The largest absolute Gasteiger partial charge is 0.281 e. The Kier molecular flexibility index (Phi) is 4.22. The van der Waals surface area contributed by atoms with E-state index in [4.69, 9.17) is 11.6 Å². The molecular weight excluding hydrogens is 313 g/mol. The second-order valence-electron chi connectivity index (χ2n) is 5.74. The second-order valence-corrected chi connectivity index (χ2v) is 6.18. The van der Waals surface area contributed by atoms with E-state index in [0.717, 1.165) is 35.2 Å². The molecule has 0 saturated carbocycles. The van der Waals surface area contributed by atoms with Crippen LogP contribution < -0.4 is 5.56 Å². The summed E-state index contributed by atoms with van der Waals surface area (Å²) in [5.41, 5.74) is 2.38. The monoisotopic (exact) mass is 329 g/mol. The fourth-order valence-electron chi connectivity index (χ4n) is 2.90. The van der Waals surface area contributed by atoms with E-state index >= 15 is 0 Å². The van der Waals surface area contributed by atoms with Crippen molar-refractivity contribution in [3.05, 3.63) is 74.9 Å². The normalized spacial score (nSPS) is 11.1. The molecule has 2 nitrogen and oxygen atoms in total. The molecule has 1 aromatic heterocycles. The standard InChI is InChI=1S/C19H17ClFNO/c1-3-4-16-9-13-5-6-15(21)11-18(13)19(23)22(16)17-8-12(2)7-14(20)10-17/h5-11H,3-4H2,1-2H3. The molecule has 23 heavy (non-hydrogen) atoms. The van der Waals surface area contributed by atoms with Crippen LogP contribution in [-0.4, -0.2) is 4.57 Å². The Morgan fingerprint density at radius 3 is 2.61 bits per heavy atom. The fraction of sp³-hybridized carbons (Fsp3) is 0.211. The highest BCUT2D eigenvalue weighted by Gasteiger charge is 2.12. The molecule has 0 bridgehead atoms. The van der Waals surface area contributed by atoms with Crippen LogP contribution in [0.2, 0.25) is 5.02 Å². The molecule has 0 aliphatic carbocycles. The minimum absolute atomic E-state index is 0.216. The number of pyridine rings is 1. The van der Waals surface area contributed by atoms with Crippen molar-refractivity contribution in [3.8, 4) is 5.69 Å². The molecule has 3 rings (SSSR count). The van der Waals surface area contributed by atoms with Crippen LogP contribution in [0.1, 0.15) is 24.6 Å². The third-order valence-electron chi connectivity index (χ3n) is 3.85. The summed E-state index contributed by atoms with van der Waals surface area (Å²) in [6.45, 7) is 3.99. The molecule has 0 radical (unpaired) electrons. The van der Waals surface area contributed by atoms with Crippen molar-refractivity contribution in [3.63, 3.8) is 0 Å². The van der Waals surface area contributed by atoms with Crippen molar-refractivity contribution in [1.82, 2.24) is 4.57 Å². The lowest BCUT2D eigenvalue weighted by molar-refractivity contribution is 0.629. The van der Waals surface area contributed by atoms with Crippen LogP contribution in [0.5, 0.6) is 0 Å². The molecule has 0 unspecified atom stereocenters. The molecule has 0 spiro atoms. The molecule has 118 valence electrons. The fourth-order valence-corrected chi connectivity index (χ4v) is 3.19. The van der Waals surface area contributed by atoms with Crippen LogP contribution in [-0.2, 0) is 6.42 Å². The Balaban J connectivity index is 2.39. The number of nitrogens with zero attached hydrogens (tertiary/aromatic N) is 1. The third kappa shape index (κ3) is 3.02. The molecule has 4 heteroatoms. The predicted molar refractivity (Wildman–Crippen MR) is 93.2 cm³/mol. The van der Waals surface area contributed by atoms with Gasteiger partial charge < -0.3 is 0 Å². The average Bonchev–Trinajstić information content (AvgIpc) is 2.47. The smallest absolute Gasteiger partial charge is 0.263 e. The minimum atomic E-state index is -0.410. The number of benzene rings is 2. The van der Waals surface area contributed by atoms with Crippen LogP contribution in [0.4, 0.5) is 4.39 Å². The molecule has 3 aromatic rings. The van der Waals surface area contributed by atoms with E-state index in [1.54, 1.807) is 16.7 Å². The number of aromatic nitrogens is 1. The summed E-state index contributed by atoms with van der Waals surface area (Å²) < 4.78 is 15.2. The summed E-state index contributed by atoms with van der Waals surface area (Å²) >= 11 is 6.15. The van der Waals surface area contributed by atoms with Crippen molar-refractivity contribution in [1.29, 1.82) is 0 Å². The van der Waals surface area contributed by atoms with Crippen molar-refractivity contribution < 1.29 is 4.39 Å². The zero-order valence-corrected chi connectivity index (χ0v) is 13.8. The molecule has 0 atom stereocenters. The Morgan fingerprint density at radius 1 is 1.13 bits per heavy atom. The van der Waals surface area contributed by atoms with Gasteiger partial charge in [0, 0.05) is 10.7 Å². The van der Waals surface area contributed by atoms with Gasteiger partial charge in [-0.15, -0.1) is 0 Å². The van der Waals surface area contributed by atoms with Gasteiger partial charge in [-0.3, -0.25) is 9.36 Å². The first kappa shape index (κ1) is 15.8. The number of aryl methyl sites for hydroxylation is 2. The van der Waals surface area contributed by atoms with Crippen LogP contribution in [0, 0.1) is 12.7 Å². The SMILES string of the molecule is CCCc1cc2ccc(F)cc2c(=O)n1-c1cc(C)cc(Cl)c1. The average molecular weight is 330 g/mol. The van der Waals surface area contributed by atoms with Gasteiger partial charge in [0.15, 0.2) is 0 Å². The van der Waals surface area contributed by atoms with Gasteiger partial charge in [0.05, 0.1) is 11.1 Å². The van der Waals surface area contributed by atoms with E-state index in [-0.39, 0.29) is 5.56 Å². The highest BCUT2D eigenvalue weighted by Crippen LogP contribution is 2.22. The minimum Gasteiger partial charge on any atom is -0.281 e. The van der Waals surface area contributed by atoms with Gasteiger partial charge in [-0.05, 0) is 60.7 Å². The molecule has 0 aliphatic heterocycles. The van der Waals surface area contributed by atoms with E-state index < -0.39 is 5.82 Å². The van der Waals surface area contributed by atoms with E-state index in [9.17, 15) is 9.18 Å². The lowest BCUT2D eigenvalue weighted by Crippen LogP contribution is -2.22. The summed E-state index contributed by atoms with van der Waals surface area (Å²) in [5.74, 6) is -0.410. The van der Waals surface area contributed by atoms with E-state index in [1.807, 2.05) is 25.1 Å². The van der Waals surface area contributed by atoms with Gasteiger partial charge in [0.2, 0.25) is 0 Å². The molecular formula is C19H17ClFNO. The Labute approximate surface area is 139 Å². The first-order valence-corrected chi connectivity index (χ1v) is 7.99. The van der Waals surface area contributed by atoms with Gasteiger partial charge in [0.25, 0.3) is 5.56 Å². The zero-order chi connectivity index (χ0) is 16.6. The van der Waals surface area contributed by atoms with E-state index in [1.165, 1.54) is 12.1 Å². The highest BCUT2D eigenvalue weighted by molar-refractivity contribution is 6.30. The Hall–Kier alpha value is -2.13. The summed E-state index contributed by atoms with van der Waals surface area (Å²) in [4.78, 5) is 13.0. The number of fused-ring (bicyclic) bond motifs is 1. The second kappa shape index (κ2) is 6.17. The molecule has 0 amide bonds. The predicted octanol–water partition coefficient (Wildman–Crippen LogP) is 5.04. The van der Waals surface area contributed by atoms with Crippen LogP contribution >= 0.6 is 11.6 Å². The van der Waals surface area contributed by atoms with Crippen molar-refractivity contribution in [2.75, 3.05) is 0 Å². The van der Waals surface area contributed by atoms with Crippen LogP contribution in [0.15, 0.2) is 47.3 Å². The lowest BCUT2D eigenvalue weighted by atomic mass is 10.1. The molecule has 1 heterocycles. The van der Waals surface area contributed by atoms with Crippen molar-refractivity contribution in [2.24, 2.45) is 0 Å². The maximum atomic E-state index is 13.6. The number of halogens is 2. The zero-order valence-electron chi connectivity index (χ0n) is 13.1. The summed E-state index contributed by atoms with van der Waals surface area (Å²) in [6.07, 6.45) is 1.67. The van der Waals surface area contributed by atoms with E-state index in [0.29, 0.717) is 10.4 Å².